The Hall–Kier alpha value is -3.20. The number of sulfonamides is 1. The number of hydroxylamine groups is 1. The normalized spacial score (nSPS) is 11.3. The molecule has 0 aliphatic heterocycles. The van der Waals surface area contributed by atoms with E-state index in [4.69, 9.17) is 9.57 Å². The summed E-state index contributed by atoms with van der Waals surface area (Å²) in [5.41, 5.74) is 1.23. The second-order valence-electron chi connectivity index (χ2n) is 6.37. The highest BCUT2D eigenvalue weighted by Crippen LogP contribution is 2.22. The Labute approximate surface area is 175 Å². The number of nitrogens with one attached hydrogen (secondary N) is 1. The summed E-state index contributed by atoms with van der Waals surface area (Å²) in [5, 5.41) is 2.82. The second-order valence-corrected chi connectivity index (χ2v) is 8.30. The lowest BCUT2D eigenvalue weighted by molar-refractivity contribution is -0.0258. The fraction of sp³-hybridized carbons (Fsp3) is 0.136. The van der Waals surface area contributed by atoms with Crippen LogP contribution < -0.4 is 10.1 Å². The van der Waals surface area contributed by atoms with Crippen LogP contribution in [-0.2, 0) is 21.4 Å². The van der Waals surface area contributed by atoms with E-state index < -0.39 is 10.0 Å². The zero-order valence-corrected chi connectivity index (χ0v) is 17.4. The number of hydrogen-bond acceptors (Lipinski definition) is 5. The van der Waals surface area contributed by atoms with Crippen LogP contribution in [0.4, 0.5) is 0 Å². The molecular weight excluding hydrogens is 404 g/mol. The zero-order chi connectivity index (χ0) is 21.6. The van der Waals surface area contributed by atoms with Crippen LogP contribution >= 0.6 is 0 Å². The van der Waals surface area contributed by atoms with Crippen LogP contribution in [0.1, 0.15) is 15.9 Å². The van der Waals surface area contributed by atoms with Gasteiger partial charge in [-0.2, -0.15) is 0 Å². The summed E-state index contributed by atoms with van der Waals surface area (Å²) in [7, 11) is -1.19. The van der Waals surface area contributed by atoms with Crippen molar-refractivity contribution in [3.63, 3.8) is 0 Å². The first-order valence-electron chi connectivity index (χ1n) is 9.13. The van der Waals surface area contributed by atoms with E-state index in [0.717, 1.165) is 15.8 Å². The minimum Gasteiger partial charge on any atom is -0.457 e. The molecule has 0 unspecified atom stereocenters. The van der Waals surface area contributed by atoms with Gasteiger partial charge in [-0.3, -0.25) is 9.63 Å². The van der Waals surface area contributed by atoms with Gasteiger partial charge in [0.2, 0.25) is 0 Å². The summed E-state index contributed by atoms with van der Waals surface area (Å²) in [6.45, 7) is 0.303. The Morgan fingerprint density at radius 2 is 1.60 bits per heavy atom. The van der Waals surface area contributed by atoms with Gasteiger partial charge in [0.1, 0.15) is 11.5 Å². The van der Waals surface area contributed by atoms with Crippen molar-refractivity contribution in [2.75, 3.05) is 14.2 Å². The Kier molecular flexibility index (Phi) is 6.83. The number of benzene rings is 3. The number of rotatable bonds is 8. The predicted octanol–water partition coefficient (Wildman–Crippen LogP) is 3.59. The highest BCUT2D eigenvalue weighted by molar-refractivity contribution is 7.89. The van der Waals surface area contributed by atoms with Gasteiger partial charge < -0.3 is 10.1 Å². The van der Waals surface area contributed by atoms with Crippen molar-refractivity contribution < 1.29 is 22.8 Å². The van der Waals surface area contributed by atoms with Crippen LogP contribution in [0.15, 0.2) is 83.8 Å². The molecule has 0 fully saturated rings. The zero-order valence-electron chi connectivity index (χ0n) is 16.6. The third-order valence-electron chi connectivity index (χ3n) is 4.34. The third kappa shape index (κ3) is 5.24. The van der Waals surface area contributed by atoms with Crippen LogP contribution in [0.3, 0.4) is 0 Å². The smallest absolute Gasteiger partial charge is 0.264 e. The lowest BCUT2D eigenvalue weighted by Gasteiger charge is -2.14. The Morgan fingerprint density at radius 3 is 2.27 bits per heavy atom. The molecule has 0 heterocycles. The van der Waals surface area contributed by atoms with Crippen LogP contribution in [0.2, 0.25) is 0 Å². The van der Waals surface area contributed by atoms with Gasteiger partial charge in [-0.1, -0.05) is 34.8 Å². The number of carbonyl (C=O) groups excluding carboxylic acids is 1. The predicted molar refractivity (Wildman–Crippen MR) is 113 cm³/mol. The van der Waals surface area contributed by atoms with Crippen LogP contribution in [0.25, 0.3) is 0 Å². The molecule has 0 aliphatic rings. The van der Waals surface area contributed by atoms with E-state index in [2.05, 4.69) is 5.32 Å². The average Bonchev–Trinajstić information content (AvgIpc) is 2.78. The first kappa shape index (κ1) is 21.5. The minimum atomic E-state index is -3.75. The van der Waals surface area contributed by atoms with E-state index >= 15 is 0 Å². The Bertz CT molecular complexity index is 1100. The number of hydrogen-bond donors (Lipinski definition) is 1. The van der Waals surface area contributed by atoms with E-state index in [9.17, 15) is 13.2 Å². The lowest BCUT2D eigenvalue weighted by atomic mass is 10.2. The molecular formula is C22H22N2O5S. The molecule has 0 radical (unpaired) electrons. The van der Waals surface area contributed by atoms with Crippen molar-refractivity contribution >= 4 is 15.9 Å². The van der Waals surface area contributed by atoms with Crippen molar-refractivity contribution in [3.05, 3.63) is 90.0 Å². The second kappa shape index (κ2) is 9.53. The average molecular weight is 426 g/mol. The molecule has 0 spiro atoms. The van der Waals surface area contributed by atoms with Gasteiger partial charge in [-0.25, -0.2) is 8.42 Å². The fourth-order valence-corrected chi connectivity index (χ4v) is 3.63. The number of ether oxygens (including phenoxy) is 1. The van der Waals surface area contributed by atoms with E-state index in [1.54, 1.807) is 0 Å². The maximum Gasteiger partial charge on any atom is 0.264 e. The van der Waals surface area contributed by atoms with Crippen molar-refractivity contribution in [2.45, 2.75) is 11.4 Å². The lowest BCUT2D eigenvalue weighted by Crippen LogP contribution is -2.26. The van der Waals surface area contributed by atoms with Gasteiger partial charge >= 0.3 is 0 Å². The summed E-state index contributed by atoms with van der Waals surface area (Å²) in [6, 6.07) is 22.5. The molecule has 30 heavy (non-hydrogen) atoms. The highest BCUT2D eigenvalue weighted by atomic mass is 32.2. The molecule has 3 rings (SSSR count). The molecule has 156 valence electrons. The monoisotopic (exact) mass is 426 g/mol. The van der Waals surface area contributed by atoms with Crippen molar-refractivity contribution in [1.29, 1.82) is 0 Å². The van der Waals surface area contributed by atoms with Crippen molar-refractivity contribution in [2.24, 2.45) is 0 Å². The summed E-state index contributed by atoms with van der Waals surface area (Å²) < 4.78 is 31.0. The molecule has 0 atom stereocenters. The topological polar surface area (TPSA) is 84.9 Å². The summed E-state index contributed by atoms with van der Waals surface area (Å²) >= 11 is 0. The molecule has 3 aromatic carbocycles. The first-order chi connectivity index (χ1) is 14.4. The van der Waals surface area contributed by atoms with Crippen molar-refractivity contribution in [3.8, 4) is 11.5 Å². The van der Waals surface area contributed by atoms with E-state index in [1.165, 1.54) is 38.4 Å². The molecule has 1 N–H and O–H groups in total. The summed E-state index contributed by atoms with van der Waals surface area (Å²) in [4.78, 5) is 17.2. The SMILES string of the molecule is CON(C)S(=O)(=O)c1ccc(C(=O)NCc2cccc(Oc3ccccc3)c2)cc1. The molecule has 0 saturated heterocycles. The van der Waals surface area contributed by atoms with Gasteiger partial charge in [0, 0.05) is 19.2 Å². The highest BCUT2D eigenvalue weighted by Gasteiger charge is 2.20. The number of para-hydroxylation sites is 1. The number of nitrogens with zero attached hydrogens (tertiary/aromatic N) is 1. The molecule has 0 aromatic heterocycles. The van der Waals surface area contributed by atoms with Gasteiger partial charge in [-0.15, -0.1) is 0 Å². The third-order valence-corrected chi connectivity index (χ3v) is 6.03. The Morgan fingerprint density at radius 1 is 0.933 bits per heavy atom. The van der Waals surface area contributed by atoms with Gasteiger partial charge in [-0.05, 0) is 54.1 Å². The Balaban J connectivity index is 1.62. The molecule has 1 amide bonds. The van der Waals surface area contributed by atoms with Crippen LogP contribution in [0.5, 0.6) is 11.5 Å². The van der Waals surface area contributed by atoms with Gasteiger partial charge in [0.25, 0.3) is 15.9 Å². The van der Waals surface area contributed by atoms with Crippen LogP contribution in [-0.4, -0.2) is 33.0 Å². The fourth-order valence-electron chi connectivity index (χ4n) is 2.65. The minimum absolute atomic E-state index is 0.0363. The molecule has 0 saturated carbocycles. The first-order valence-corrected chi connectivity index (χ1v) is 10.6. The molecule has 7 nitrogen and oxygen atoms in total. The molecule has 0 aliphatic carbocycles. The maximum atomic E-state index is 12.4. The quantitative estimate of drug-likeness (QED) is 0.557. The molecule has 8 heteroatoms. The van der Waals surface area contributed by atoms with Gasteiger partial charge in [0.15, 0.2) is 0 Å². The standard InChI is InChI=1S/C22H22N2O5S/c1-24(28-2)30(26,27)21-13-11-18(12-14-21)22(25)23-16-17-7-6-10-20(15-17)29-19-8-4-3-5-9-19/h3-15H,16H2,1-2H3,(H,23,25). The van der Waals surface area contributed by atoms with Gasteiger partial charge in [0.05, 0.1) is 12.0 Å². The molecule has 0 bridgehead atoms. The number of carbonyl (C=O) groups is 1. The van der Waals surface area contributed by atoms with E-state index in [-0.39, 0.29) is 10.8 Å². The van der Waals surface area contributed by atoms with E-state index in [1.807, 2.05) is 54.6 Å². The van der Waals surface area contributed by atoms with Crippen LogP contribution in [0, 0.1) is 0 Å². The molecule has 3 aromatic rings. The summed E-state index contributed by atoms with van der Waals surface area (Å²) in [5.74, 6) is 1.09. The largest absolute Gasteiger partial charge is 0.457 e. The van der Waals surface area contributed by atoms with E-state index in [0.29, 0.717) is 17.9 Å². The van der Waals surface area contributed by atoms with Crippen molar-refractivity contribution in [1.82, 2.24) is 9.79 Å². The summed E-state index contributed by atoms with van der Waals surface area (Å²) in [6.07, 6.45) is 0. The number of amides is 1. The maximum absolute atomic E-state index is 12.4.